The van der Waals surface area contributed by atoms with Crippen LogP contribution in [0.5, 0.6) is 5.75 Å². The van der Waals surface area contributed by atoms with Gasteiger partial charge in [-0.3, -0.25) is 5.41 Å². The maximum atomic E-state index is 13.6. The predicted octanol–water partition coefficient (Wildman–Crippen LogP) is 3.24. The zero-order chi connectivity index (χ0) is 12.3. The fourth-order valence-electron chi connectivity index (χ4n) is 2.23. The van der Waals surface area contributed by atoms with E-state index in [1.807, 2.05) is 0 Å². The predicted molar refractivity (Wildman–Crippen MR) is 72.2 cm³/mol. The van der Waals surface area contributed by atoms with Crippen molar-refractivity contribution in [2.24, 2.45) is 5.73 Å². The minimum Gasteiger partial charge on any atom is -0.490 e. The Balaban J connectivity index is 0.00000162. The van der Waals surface area contributed by atoms with Crippen LogP contribution < -0.4 is 10.5 Å². The number of amidine groups is 1. The average Bonchev–Trinajstić information content (AvgIpc) is 2.30. The molecule has 0 heterocycles. The van der Waals surface area contributed by atoms with Gasteiger partial charge in [-0.15, -0.1) is 12.4 Å². The molecule has 1 aliphatic carbocycles. The fraction of sp³-hybridized carbons (Fsp3) is 0.462. The van der Waals surface area contributed by atoms with Gasteiger partial charge < -0.3 is 10.5 Å². The van der Waals surface area contributed by atoms with Crippen molar-refractivity contribution < 1.29 is 9.13 Å². The Labute approximate surface area is 112 Å². The van der Waals surface area contributed by atoms with Gasteiger partial charge in [-0.2, -0.15) is 0 Å². The van der Waals surface area contributed by atoms with Crippen molar-refractivity contribution in [3.05, 3.63) is 29.6 Å². The lowest BCUT2D eigenvalue weighted by atomic mass is 9.97. The van der Waals surface area contributed by atoms with Gasteiger partial charge in [0.1, 0.15) is 17.4 Å². The van der Waals surface area contributed by atoms with Crippen molar-refractivity contribution >= 4 is 18.2 Å². The standard InChI is InChI=1S/C13H17FN2O.ClH/c14-10-7-4-8-11(12(10)13(15)16)17-9-5-2-1-3-6-9;/h4,7-9H,1-3,5-6H2,(H3,15,16);1H. The van der Waals surface area contributed by atoms with Gasteiger partial charge in [-0.25, -0.2) is 4.39 Å². The number of nitrogens with two attached hydrogens (primary N) is 1. The summed E-state index contributed by atoms with van der Waals surface area (Å²) < 4.78 is 19.3. The Morgan fingerprint density at radius 3 is 2.56 bits per heavy atom. The number of hydrogen-bond donors (Lipinski definition) is 2. The molecule has 3 N–H and O–H groups in total. The second-order valence-electron chi connectivity index (χ2n) is 4.40. The largest absolute Gasteiger partial charge is 0.490 e. The molecule has 1 aliphatic rings. The first-order chi connectivity index (χ1) is 8.18. The number of ether oxygens (including phenoxy) is 1. The van der Waals surface area contributed by atoms with Crippen LogP contribution in [0.1, 0.15) is 37.7 Å². The SMILES string of the molecule is Cl.N=C(N)c1c(F)cccc1OC1CCCCC1. The molecule has 18 heavy (non-hydrogen) atoms. The van der Waals surface area contributed by atoms with Crippen molar-refractivity contribution in [1.82, 2.24) is 0 Å². The molecular formula is C13H18ClFN2O. The van der Waals surface area contributed by atoms with E-state index in [0.717, 1.165) is 25.7 Å². The molecule has 2 rings (SSSR count). The summed E-state index contributed by atoms with van der Waals surface area (Å²) in [7, 11) is 0. The van der Waals surface area contributed by atoms with Crippen molar-refractivity contribution in [1.29, 1.82) is 5.41 Å². The summed E-state index contributed by atoms with van der Waals surface area (Å²) >= 11 is 0. The van der Waals surface area contributed by atoms with Gasteiger partial charge >= 0.3 is 0 Å². The fourth-order valence-corrected chi connectivity index (χ4v) is 2.23. The van der Waals surface area contributed by atoms with Crippen molar-refractivity contribution in [3.8, 4) is 5.75 Å². The zero-order valence-corrected chi connectivity index (χ0v) is 10.9. The Morgan fingerprint density at radius 2 is 1.94 bits per heavy atom. The molecule has 0 spiro atoms. The van der Waals surface area contributed by atoms with E-state index >= 15 is 0 Å². The van der Waals surface area contributed by atoms with Gasteiger partial charge in [0, 0.05) is 0 Å². The topological polar surface area (TPSA) is 59.1 Å². The Morgan fingerprint density at radius 1 is 1.28 bits per heavy atom. The van der Waals surface area contributed by atoms with Gasteiger partial charge in [0.05, 0.1) is 11.7 Å². The lowest BCUT2D eigenvalue weighted by Crippen LogP contribution is -2.22. The van der Waals surface area contributed by atoms with E-state index < -0.39 is 5.82 Å². The lowest BCUT2D eigenvalue weighted by molar-refractivity contribution is 0.154. The van der Waals surface area contributed by atoms with Crippen LogP contribution in [-0.4, -0.2) is 11.9 Å². The average molecular weight is 273 g/mol. The molecule has 0 unspecified atom stereocenters. The maximum Gasteiger partial charge on any atom is 0.137 e. The highest BCUT2D eigenvalue weighted by Gasteiger charge is 2.19. The van der Waals surface area contributed by atoms with E-state index in [9.17, 15) is 4.39 Å². The third-order valence-electron chi connectivity index (χ3n) is 3.09. The molecule has 1 fully saturated rings. The molecule has 3 nitrogen and oxygen atoms in total. The summed E-state index contributed by atoms with van der Waals surface area (Å²) in [6, 6.07) is 4.55. The minimum atomic E-state index is -0.495. The second-order valence-corrected chi connectivity index (χ2v) is 4.40. The Bertz CT molecular complexity index is 419. The molecule has 0 aromatic heterocycles. The number of halogens is 2. The third kappa shape index (κ3) is 3.35. The van der Waals surface area contributed by atoms with E-state index in [4.69, 9.17) is 15.9 Å². The van der Waals surface area contributed by atoms with Gasteiger partial charge in [-0.1, -0.05) is 12.5 Å². The van der Waals surface area contributed by atoms with E-state index in [0.29, 0.717) is 5.75 Å². The molecule has 1 aromatic carbocycles. The van der Waals surface area contributed by atoms with Crippen molar-refractivity contribution in [2.45, 2.75) is 38.2 Å². The number of nitrogen functional groups attached to an aromatic ring is 1. The first-order valence-electron chi connectivity index (χ1n) is 5.98. The van der Waals surface area contributed by atoms with E-state index in [-0.39, 0.29) is 29.9 Å². The molecule has 0 amide bonds. The van der Waals surface area contributed by atoms with Gasteiger partial charge in [0.2, 0.25) is 0 Å². The van der Waals surface area contributed by atoms with Crippen LogP contribution in [0, 0.1) is 11.2 Å². The number of hydrogen-bond acceptors (Lipinski definition) is 2. The highest BCUT2D eigenvalue weighted by molar-refractivity contribution is 5.97. The summed E-state index contributed by atoms with van der Waals surface area (Å²) in [5, 5.41) is 7.39. The van der Waals surface area contributed by atoms with Crippen LogP contribution in [-0.2, 0) is 0 Å². The minimum absolute atomic E-state index is 0. The summed E-state index contributed by atoms with van der Waals surface area (Å²) in [5.74, 6) is -0.385. The monoisotopic (exact) mass is 272 g/mol. The molecule has 0 bridgehead atoms. The normalized spacial score (nSPS) is 15.8. The molecule has 5 heteroatoms. The Kier molecular flexibility index (Phi) is 5.41. The highest BCUT2D eigenvalue weighted by atomic mass is 35.5. The third-order valence-corrected chi connectivity index (χ3v) is 3.09. The van der Waals surface area contributed by atoms with Crippen LogP contribution in [0.25, 0.3) is 0 Å². The number of nitrogens with one attached hydrogen (secondary N) is 1. The van der Waals surface area contributed by atoms with Crippen LogP contribution in [0.2, 0.25) is 0 Å². The molecule has 0 atom stereocenters. The second kappa shape index (κ2) is 6.59. The van der Waals surface area contributed by atoms with Crippen LogP contribution in [0.4, 0.5) is 4.39 Å². The first-order valence-corrected chi connectivity index (χ1v) is 5.98. The zero-order valence-electron chi connectivity index (χ0n) is 10.1. The molecular weight excluding hydrogens is 255 g/mol. The van der Waals surface area contributed by atoms with Crippen LogP contribution in [0.15, 0.2) is 18.2 Å². The maximum absolute atomic E-state index is 13.6. The van der Waals surface area contributed by atoms with E-state index in [1.54, 1.807) is 12.1 Å². The van der Waals surface area contributed by atoms with Gasteiger partial charge in [0.15, 0.2) is 0 Å². The summed E-state index contributed by atoms with van der Waals surface area (Å²) in [6.07, 6.45) is 5.65. The molecule has 1 aromatic rings. The quantitative estimate of drug-likeness (QED) is 0.655. The van der Waals surface area contributed by atoms with E-state index in [2.05, 4.69) is 0 Å². The number of rotatable bonds is 3. The van der Waals surface area contributed by atoms with Crippen molar-refractivity contribution in [3.63, 3.8) is 0 Å². The molecule has 0 saturated heterocycles. The number of benzene rings is 1. The summed E-state index contributed by atoms with van der Waals surface area (Å²) in [6.45, 7) is 0. The molecule has 1 saturated carbocycles. The van der Waals surface area contributed by atoms with Crippen molar-refractivity contribution in [2.75, 3.05) is 0 Å². The first kappa shape index (κ1) is 14.8. The van der Waals surface area contributed by atoms with Crippen LogP contribution in [0.3, 0.4) is 0 Å². The summed E-state index contributed by atoms with van der Waals surface area (Å²) in [5.41, 5.74) is 5.47. The van der Waals surface area contributed by atoms with E-state index in [1.165, 1.54) is 12.5 Å². The smallest absolute Gasteiger partial charge is 0.137 e. The van der Waals surface area contributed by atoms with Gasteiger partial charge in [0.25, 0.3) is 0 Å². The molecule has 100 valence electrons. The van der Waals surface area contributed by atoms with Gasteiger partial charge in [-0.05, 0) is 37.8 Å². The molecule has 0 radical (unpaired) electrons. The highest BCUT2D eigenvalue weighted by Crippen LogP contribution is 2.27. The van der Waals surface area contributed by atoms with Crippen LogP contribution >= 0.6 is 12.4 Å². The molecule has 0 aliphatic heterocycles. The Hall–Kier alpha value is -1.29. The summed E-state index contributed by atoms with van der Waals surface area (Å²) in [4.78, 5) is 0. The lowest BCUT2D eigenvalue weighted by Gasteiger charge is -2.24.